The lowest BCUT2D eigenvalue weighted by atomic mass is 9.94. The van der Waals surface area contributed by atoms with Crippen molar-refractivity contribution >= 4 is 17.9 Å². The van der Waals surface area contributed by atoms with Gasteiger partial charge in [0.05, 0.1) is 0 Å². The summed E-state index contributed by atoms with van der Waals surface area (Å²) < 4.78 is 34.8. The second-order valence-electron chi connectivity index (χ2n) is 5.77. The minimum atomic E-state index is -1.88. The second kappa shape index (κ2) is 10.4. The Hall–Kier alpha value is -2.99. The van der Waals surface area contributed by atoms with Crippen molar-refractivity contribution in [3.05, 3.63) is 10.4 Å². The average molecular weight is 404 g/mol. The van der Waals surface area contributed by atoms with E-state index in [9.17, 15) is 18.8 Å². The van der Waals surface area contributed by atoms with Crippen LogP contribution in [0, 0.1) is 5.53 Å². The van der Waals surface area contributed by atoms with Crippen molar-refractivity contribution in [1.29, 1.82) is 5.53 Å². The number of nitrogens with one attached hydrogen (secondary N) is 1. The molecule has 1 aliphatic heterocycles. The van der Waals surface area contributed by atoms with Crippen LogP contribution in [0.15, 0.2) is 10.3 Å². The number of carbonyl (C=O) groups is 3. The van der Waals surface area contributed by atoms with Crippen LogP contribution in [0.2, 0.25) is 0 Å². The number of ether oxygens (including phenoxy) is 4. The number of nitrogens with zero attached hydrogens (tertiary/aromatic N) is 5. The molecule has 0 aliphatic carbocycles. The Bertz CT molecular complexity index is 656. The third kappa shape index (κ3) is 6.03. The predicted octanol–water partition coefficient (Wildman–Crippen LogP) is 1.38. The molecule has 1 N–H and O–H groups in total. The van der Waals surface area contributed by atoms with Crippen LogP contribution in [0.25, 0.3) is 10.4 Å². The molecule has 1 saturated heterocycles. The van der Waals surface area contributed by atoms with Crippen LogP contribution in [0.5, 0.6) is 0 Å². The zero-order valence-electron chi connectivity index (χ0n) is 15.6. The minimum absolute atomic E-state index is 0.444. The summed E-state index contributed by atoms with van der Waals surface area (Å²) in [6, 6.07) is -1.41. The fourth-order valence-corrected chi connectivity index (χ4v) is 2.73. The van der Waals surface area contributed by atoms with Crippen molar-refractivity contribution in [2.45, 2.75) is 64.6 Å². The smallest absolute Gasteiger partial charge is 0.303 e. The van der Waals surface area contributed by atoms with E-state index in [0.717, 1.165) is 27.7 Å². The Kier molecular flexibility index (Phi) is 8.54. The predicted molar refractivity (Wildman–Crippen MR) is 86.9 cm³/mol. The number of azide groups is 1. The van der Waals surface area contributed by atoms with Gasteiger partial charge in [-0.25, -0.2) is 9.40 Å². The van der Waals surface area contributed by atoms with Crippen LogP contribution in [0.3, 0.4) is 0 Å². The summed E-state index contributed by atoms with van der Waals surface area (Å²) in [5.74, 6) is -2.30. The molecule has 0 aromatic carbocycles. The molecule has 0 amide bonds. The Morgan fingerprint density at radius 3 is 2.21 bits per heavy atom. The van der Waals surface area contributed by atoms with Gasteiger partial charge in [-0.1, -0.05) is 10.3 Å². The van der Waals surface area contributed by atoms with Crippen molar-refractivity contribution < 1.29 is 37.7 Å². The molecule has 0 spiro atoms. The third-order valence-corrected chi connectivity index (χ3v) is 3.64. The fraction of sp³-hybridized carbons (Fsp3) is 0.786. The monoisotopic (exact) mass is 404 g/mol. The topological polar surface area (TPSA) is 176 Å². The Morgan fingerprint density at radius 2 is 1.79 bits per heavy atom. The number of hydrogen-bond donors (Lipinski definition) is 1. The van der Waals surface area contributed by atoms with Gasteiger partial charge in [0.2, 0.25) is 0 Å². The highest BCUT2D eigenvalue weighted by Gasteiger charge is 2.53. The first kappa shape index (κ1) is 23.0. The van der Waals surface area contributed by atoms with Gasteiger partial charge in [0.15, 0.2) is 24.7 Å². The number of rotatable bonds is 8. The van der Waals surface area contributed by atoms with Crippen molar-refractivity contribution in [2.75, 3.05) is 6.61 Å². The maximum atomic E-state index is 14.1. The zero-order valence-corrected chi connectivity index (χ0v) is 15.6. The highest BCUT2D eigenvalue weighted by Crippen LogP contribution is 2.32. The van der Waals surface area contributed by atoms with Crippen LogP contribution in [0.4, 0.5) is 4.39 Å². The quantitative estimate of drug-likeness (QED) is 0.120. The van der Waals surface area contributed by atoms with E-state index in [1.165, 1.54) is 0 Å². The first-order valence-electron chi connectivity index (χ1n) is 8.09. The first-order valence-corrected chi connectivity index (χ1v) is 8.09. The maximum Gasteiger partial charge on any atom is 0.303 e. The molecule has 0 aromatic rings. The normalized spacial score (nSPS) is 27.5. The lowest BCUT2D eigenvalue weighted by Crippen LogP contribution is -2.66. The molecule has 0 aromatic heterocycles. The summed E-state index contributed by atoms with van der Waals surface area (Å²) in [6.07, 6.45) is -7.44. The van der Waals surface area contributed by atoms with Gasteiger partial charge in [-0.3, -0.25) is 14.4 Å². The van der Waals surface area contributed by atoms with Crippen LogP contribution >= 0.6 is 0 Å². The van der Waals surface area contributed by atoms with Crippen LogP contribution in [-0.2, 0) is 33.3 Å². The lowest BCUT2D eigenvalue weighted by Gasteiger charge is -2.46. The molecular weight excluding hydrogens is 383 g/mol. The van der Waals surface area contributed by atoms with Crippen molar-refractivity contribution in [1.82, 2.24) is 5.01 Å². The number of esters is 3. The molecule has 2 unspecified atom stereocenters. The van der Waals surface area contributed by atoms with E-state index in [-0.39, 0.29) is 0 Å². The molecule has 0 saturated carbocycles. The van der Waals surface area contributed by atoms with E-state index in [1.807, 2.05) is 0 Å². The lowest BCUT2D eigenvalue weighted by molar-refractivity contribution is -0.241. The second-order valence-corrected chi connectivity index (χ2v) is 5.77. The molecule has 14 heteroatoms. The molecule has 1 heterocycles. The summed E-state index contributed by atoms with van der Waals surface area (Å²) in [5, 5.41) is 7.04. The number of hydrogen-bond acceptors (Lipinski definition) is 10. The summed E-state index contributed by atoms with van der Waals surface area (Å²) >= 11 is 0. The standard InChI is InChI=1S/C14H21FN6O7/c1-6(15)21(20-17)11-12(26-8(3)23)10(5-25-7(2)22)28-14(18-19-16)13(11)27-9(4)24/h6,10-14,17H,5H2,1-4H3/t6?,10-,11+,12+,13-,14?/m1/s1. The summed E-state index contributed by atoms with van der Waals surface area (Å²) in [5.41, 5.74) is 16.1. The molecule has 1 aliphatic rings. The molecule has 0 bridgehead atoms. The van der Waals surface area contributed by atoms with Gasteiger partial charge < -0.3 is 18.9 Å². The van der Waals surface area contributed by atoms with Gasteiger partial charge in [0, 0.05) is 25.7 Å². The van der Waals surface area contributed by atoms with E-state index < -0.39 is 61.4 Å². The van der Waals surface area contributed by atoms with Crippen LogP contribution in [0.1, 0.15) is 27.7 Å². The Labute approximate surface area is 159 Å². The highest BCUT2D eigenvalue weighted by molar-refractivity contribution is 5.67. The number of halogens is 1. The van der Waals surface area contributed by atoms with Gasteiger partial charge in [-0.05, 0) is 12.5 Å². The van der Waals surface area contributed by atoms with Crippen LogP contribution < -0.4 is 0 Å². The summed E-state index contributed by atoms with van der Waals surface area (Å²) in [6.45, 7) is 3.86. The van der Waals surface area contributed by atoms with E-state index in [2.05, 4.69) is 15.2 Å². The molecular formula is C14H21FN6O7. The molecule has 13 nitrogen and oxygen atoms in total. The van der Waals surface area contributed by atoms with E-state index in [4.69, 9.17) is 30.0 Å². The summed E-state index contributed by atoms with van der Waals surface area (Å²) in [7, 11) is 0. The van der Waals surface area contributed by atoms with Crippen molar-refractivity contribution in [3.63, 3.8) is 0 Å². The average Bonchev–Trinajstić information content (AvgIpc) is 2.57. The molecule has 28 heavy (non-hydrogen) atoms. The van der Waals surface area contributed by atoms with E-state index in [1.54, 1.807) is 0 Å². The van der Waals surface area contributed by atoms with E-state index >= 15 is 0 Å². The van der Waals surface area contributed by atoms with Gasteiger partial charge >= 0.3 is 17.9 Å². The SMILES string of the molecule is CC(=O)OC[C@H]1OC(N=[N+]=[N-])[C@H](OC(C)=O)[C@@H](N(N=N)C(C)F)[C@H]1OC(C)=O. The zero-order chi connectivity index (χ0) is 21.4. The van der Waals surface area contributed by atoms with Crippen molar-refractivity contribution in [3.8, 4) is 0 Å². The number of carbonyl (C=O) groups excluding carboxylic acids is 3. The minimum Gasteiger partial charge on any atom is -0.463 e. The first-order chi connectivity index (χ1) is 13.1. The Balaban J connectivity index is 3.48. The van der Waals surface area contributed by atoms with Crippen LogP contribution in [-0.4, -0.2) is 66.4 Å². The largest absolute Gasteiger partial charge is 0.463 e. The molecule has 0 radical (unpaired) electrons. The van der Waals surface area contributed by atoms with Gasteiger partial charge in [-0.15, -0.1) is 0 Å². The molecule has 1 rings (SSSR count). The molecule has 6 atom stereocenters. The van der Waals surface area contributed by atoms with Gasteiger partial charge in [-0.2, -0.15) is 5.53 Å². The maximum absolute atomic E-state index is 14.1. The Morgan fingerprint density at radius 1 is 1.21 bits per heavy atom. The fourth-order valence-electron chi connectivity index (χ4n) is 2.73. The van der Waals surface area contributed by atoms with Crippen molar-refractivity contribution in [2.24, 2.45) is 10.3 Å². The van der Waals surface area contributed by atoms with Gasteiger partial charge in [0.1, 0.15) is 18.8 Å². The summed E-state index contributed by atoms with van der Waals surface area (Å²) in [4.78, 5) is 36.9. The molecule has 156 valence electrons. The van der Waals surface area contributed by atoms with E-state index in [0.29, 0.717) is 5.01 Å². The van der Waals surface area contributed by atoms with Gasteiger partial charge in [0.25, 0.3) is 0 Å². The number of alkyl halides is 1. The highest BCUT2D eigenvalue weighted by atomic mass is 19.1. The molecule has 1 fully saturated rings. The third-order valence-electron chi connectivity index (χ3n) is 3.64.